The molecule has 0 bridgehead atoms. The normalized spacial score (nSPS) is 20.5. The molecular weight excluding hydrogens is 360 g/mol. The van der Waals surface area contributed by atoms with Gasteiger partial charge in [0.05, 0.1) is 19.2 Å². The molecule has 0 radical (unpaired) electrons. The van der Waals surface area contributed by atoms with Crippen LogP contribution in [0, 0.1) is 0 Å². The largest absolute Gasteiger partial charge is 0.497 e. The van der Waals surface area contributed by atoms with Gasteiger partial charge in [0.25, 0.3) is 0 Å². The molecule has 1 saturated heterocycles. The number of ether oxygens (including phenoxy) is 1. The second kappa shape index (κ2) is 8.67. The molecule has 6 heteroatoms. The van der Waals surface area contributed by atoms with Crippen molar-refractivity contribution < 1.29 is 14.6 Å². The molecule has 1 heterocycles. The van der Waals surface area contributed by atoms with Crippen LogP contribution in [-0.2, 0) is 4.79 Å². The number of likely N-dealkylation sites (N-methyl/N-ethyl adjacent to an activating group) is 1. The molecule has 1 aliphatic rings. The lowest BCUT2D eigenvalue weighted by Crippen LogP contribution is -2.56. The Bertz CT molecular complexity index is 781. The zero-order valence-electron chi connectivity index (χ0n) is 16.0. The molecular formula is C21H26N2O3S. The summed E-state index contributed by atoms with van der Waals surface area (Å²) in [6.07, 6.45) is 0.160. The van der Waals surface area contributed by atoms with Gasteiger partial charge in [-0.05, 0) is 50.4 Å². The smallest absolute Gasteiger partial charge is 0.305 e. The molecule has 144 valence electrons. The van der Waals surface area contributed by atoms with Crippen LogP contribution in [0.2, 0.25) is 0 Å². The first kappa shape index (κ1) is 19.6. The first-order valence-corrected chi connectivity index (χ1v) is 9.89. The Hall–Kier alpha value is -2.18. The fourth-order valence-corrected chi connectivity index (χ4v) is 4.48. The van der Waals surface area contributed by atoms with E-state index >= 15 is 0 Å². The number of carbonyl (C=O) groups is 1. The van der Waals surface area contributed by atoms with E-state index in [1.54, 1.807) is 18.9 Å². The molecule has 0 spiro atoms. The van der Waals surface area contributed by atoms with Gasteiger partial charge in [-0.25, -0.2) is 0 Å². The zero-order chi connectivity index (χ0) is 19.4. The molecule has 0 amide bonds. The van der Waals surface area contributed by atoms with Crippen molar-refractivity contribution in [3.05, 3.63) is 48.5 Å². The summed E-state index contributed by atoms with van der Waals surface area (Å²) in [4.78, 5) is 18.1. The highest BCUT2D eigenvalue weighted by molar-refractivity contribution is 7.99. The third-order valence-electron chi connectivity index (χ3n) is 4.99. The highest BCUT2D eigenvalue weighted by atomic mass is 32.2. The van der Waals surface area contributed by atoms with Crippen LogP contribution < -0.4 is 9.64 Å². The number of nitrogens with zero attached hydrogens (tertiary/aromatic N) is 2. The van der Waals surface area contributed by atoms with Crippen molar-refractivity contribution in [3.8, 4) is 5.75 Å². The topological polar surface area (TPSA) is 53.0 Å². The van der Waals surface area contributed by atoms with Gasteiger partial charge in [-0.15, -0.1) is 0 Å². The minimum atomic E-state index is -0.748. The van der Waals surface area contributed by atoms with Crippen LogP contribution >= 0.6 is 11.8 Å². The van der Waals surface area contributed by atoms with Crippen molar-refractivity contribution in [1.82, 2.24) is 4.90 Å². The van der Waals surface area contributed by atoms with Crippen LogP contribution in [-0.4, -0.2) is 55.3 Å². The Morgan fingerprint density at radius 3 is 2.56 bits per heavy atom. The van der Waals surface area contributed by atoms with E-state index in [1.165, 1.54) is 4.90 Å². The Kier molecular flexibility index (Phi) is 6.29. The number of aliphatic carboxylic acids is 1. The maximum atomic E-state index is 11.2. The number of hydrogen-bond donors (Lipinski definition) is 1. The minimum Gasteiger partial charge on any atom is -0.497 e. The fraction of sp³-hybridized carbons (Fsp3) is 0.381. The van der Waals surface area contributed by atoms with Crippen LogP contribution in [0.4, 0.5) is 5.69 Å². The summed E-state index contributed by atoms with van der Waals surface area (Å²) in [5.74, 6) is 0.0964. The number of methoxy groups -OCH3 is 1. The van der Waals surface area contributed by atoms with E-state index in [-0.39, 0.29) is 12.5 Å². The number of carboxylic acid groups (broad SMARTS) is 1. The van der Waals surface area contributed by atoms with Crippen molar-refractivity contribution >= 4 is 23.4 Å². The van der Waals surface area contributed by atoms with E-state index in [0.717, 1.165) is 22.9 Å². The molecule has 27 heavy (non-hydrogen) atoms. The predicted octanol–water partition coefficient (Wildman–Crippen LogP) is 3.83. The Morgan fingerprint density at radius 1 is 1.19 bits per heavy atom. The molecule has 2 aromatic rings. The van der Waals surface area contributed by atoms with Gasteiger partial charge in [0.2, 0.25) is 0 Å². The lowest BCUT2D eigenvalue weighted by molar-refractivity contribution is -0.138. The predicted molar refractivity (Wildman–Crippen MR) is 109 cm³/mol. The van der Waals surface area contributed by atoms with E-state index < -0.39 is 5.97 Å². The zero-order valence-corrected chi connectivity index (χ0v) is 16.8. The SMILES string of the molecule is COc1ccc(Sc2ccccc2N2CC(CC(=O)O)N(C)C[C@@H]2C)cc1. The molecule has 1 N–H and O–H groups in total. The van der Waals surface area contributed by atoms with Crippen molar-refractivity contribution in [2.75, 3.05) is 32.1 Å². The summed E-state index contributed by atoms with van der Waals surface area (Å²) in [5.41, 5.74) is 1.16. The van der Waals surface area contributed by atoms with Gasteiger partial charge in [-0.3, -0.25) is 9.69 Å². The summed E-state index contributed by atoms with van der Waals surface area (Å²) < 4.78 is 5.24. The molecule has 3 rings (SSSR count). The maximum Gasteiger partial charge on any atom is 0.305 e. The molecule has 0 saturated carbocycles. The van der Waals surface area contributed by atoms with Gasteiger partial charge >= 0.3 is 5.97 Å². The summed E-state index contributed by atoms with van der Waals surface area (Å²) in [6.45, 7) is 3.76. The van der Waals surface area contributed by atoms with Crippen molar-refractivity contribution in [2.24, 2.45) is 0 Å². The second-order valence-electron chi connectivity index (χ2n) is 6.94. The molecule has 1 unspecified atom stereocenters. The number of anilines is 1. The summed E-state index contributed by atoms with van der Waals surface area (Å²) >= 11 is 1.72. The number of carboxylic acids is 1. The fourth-order valence-electron chi connectivity index (χ4n) is 3.52. The first-order chi connectivity index (χ1) is 13.0. The molecule has 2 aromatic carbocycles. The van der Waals surface area contributed by atoms with Gasteiger partial charge in [0, 0.05) is 35.0 Å². The first-order valence-electron chi connectivity index (χ1n) is 9.07. The van der Waals surface area contributed by atoms with E-state index in [1.807, 2.05) is 31.3 Å². The van der Waals surface area contributed by atoms with Crippen LogP contribution in [0.1, 0.15) is 13.3 Å². The van der Waals surface area contributed by atoms with Gasteiger partial charge in [-0.1, -0.05) is 23.9 Å². The molecule has 5 nitrogen and oxygen atoms in total. The monoisotopic (exact) mass is 386 g/mol. The number of benzene rings is 2. The van der Waals surface area contributed by atoms with Crippen LogP contribution in [0.25, 0.3) is 0 Å². The van der Waals surface area contributed by atoms with Crippen LogP contribution in [0.5, 0.6) is 5.75 Å². The Balaban J connectivity index is 1.84. The van der Waals surface area contributed by atoms with Crippen LogP contribution in [0.3, 0.4) is 0 Å². The lowest BCUT2D eigenvalue weighted by Gasteiger charge is -2.45. The maximum absolute atomic E-state index is 11.2. The summed E-state index contributed by atoms with van der Waals surface area (Å²) in [7, 11) is 3.68. The van der Waals surface area contributed by atoms with Crippen molar-refractivity contribution in [1.29, 1.82) is 0 Å². The molecule has 0 aromatic heterocycles. The third kappa shape index (κ3) is 4.76. The standard InChI is InChI=1S/C21H26N2O3S/c1-15-13-22(2)16(12-21(24)25)14-23(15)19-6-4-5-7-20(19)27-18-10-8-17(26-3)9-11-18/h4-11,15-16H,12-14H2,1-3H3,(H,24,25)/t15-,16?/m0/s1. The average Bonchev–Trinajstić information content (AvgIpc) is 2.65. The van der Waals surface area contributed by atoms with Crippen LogP contribution in [0.15, 0.2) is 58.3 Å². The summed E-state index contributed by atoms with van der Waals surface area (Å²) in [5, 5.41) is 9.24. The van der Waals surface area contributed by atoms with E-state index in [2.05, 4.69) is 41.0 Å². The van der Waals surface area contributed by atoms with E-state index in [0.29, 0.717) is 12.6 Å². The highest BCUT2D eigenvalue weighted by Gasteiger charge is 2.31. The van der Waals surface area contributed by atoms with Crippen molar-refractivity contribution in [3.63, 3.8) is 0 Å². The Labute approximate surface area is 164 Å². The third-order valence-corrected chi connectivity index (χ3v) is 6.06. The van der Waals surface area contributed by atoms with Gasteiger partial charge in [0.15, 0.2) is 0 Å². The van der Waals surface area contributed by atoms with E-state index in [4.69, 9.17) is 4.74 Å². The Morgan fingerprint density at radius 2 is 1.89 bits per heavy atom. The number of rotatable bonds is 6. The number of piperazine rings is 1. The quantitative estimate of drug-likeness (QED) is 0.814. The highest BCUT2D eigenvalue weighted by Crippen LogP contribution is 2.37. The number of para-hydroxylation sites is 1. The van der Waals surface area contributed by atoms with Gasteiger partial charge in [-0.2, -0.15) is 0 Å². The van der Waals surface area contributed by atoms with Gasteiger partial charge < -0.3 is 14.7 Å². The summed E-state index contributed by atoms with van der Waals surface area (Å²) in [6, 6.07) is 16.7. The van der Waals surface area contributed by atoms with Gasteiger partial charge in [0.1, 0.15) is 5.75 Å². The molecule has 1 fully saturated rings. The number of hydrogen-bond acceptors (Lipinski definition) is 5. The molecule has 2 atom stereocenters. The molecule has 0 aliphatic carbocycles. The lowest BCUT2D eigenvalue weighted by atomic mass is 10.0. The van der Waals surface area contributed by atoms with Crippen molar-refractivity contribution in [2.45, 2.75) is 35.2 Å². The average molecular weight is 387 g/mol. The minimum absolute atomic E-state index is 0.0118. The van der Waals surface area contributed by atoms with E-state index in [9.17, 15) is 9.90 Å². The molecule has 1 aliphatic heterocycles. The second-order valence-corrected chi connectivity index (χ2v) is 8.05.